The van der Waals surface area contributed by atoms with Gasteiger partial charge >= 0.3 is 11.9 Å². The van der Waals surface area contributed by atoms with Crippen molar-refractivity contribution >= 4 is 35.3 Å². The number of amides is 1. The first-order chi connectivity index (χ1) is 17.9. The van der Waals surface area contributed by atoms with Gasteiger partial charge in [0.05, 0.1) is 23.4 Å². The monoisotopic (exact) mass is 514 g/mol. The molecule has 8 nitrogen and oxygen atoms in total. The highest BCUT2D eigenvalue weighted by Gasteiger charge is 2.30. The Bertz CT molecular complexity index is 1450. The average molecular weight is 515 g/mol. The number of fused-ring (bicyclic) bond motifs is 2. The van der Waals surface area contributed by atoms with E-state index < -0.39 is 17.2 Å². The molecular formula is C28H22N2O6S. The second-order valence-electron chi connectivity index (χ2n) is 8.49. The zero-order valence-corrected chi connectivity index (χ0v) is 20.3. The number of aliphatic carboxylic acids is 2. The molecule has 0 radical (unpaired) electrons. The molecule has 0 saturated carbocycles. The lowest BCUT2D eigenvalue weighted by Crippen LogP contribution is -2.29. The lowest BCUT2D eigenvalue weighted by Gasteiger charge is -2.23. The Hall–Kier alpha value is -4.50. The molecule has 5 rings (SSSR count). The normalized spacial score (nSPS) is 16.6. The predicted octanol–water partition coefficient (Wildman–Crippen LogP) is 4.78. The van der Waals surface area contributed by atoms with Gasteiger partial charge in [0.2, 0.25) is 0 Å². The summed E-state index contributed by atoms with van der Waals surface area (Å²) < 4.78 is 6.15. The van der Waals surface area contributed by atoms with Crippen LogP contribution in [0.5, 0.6) is 11.5 Å². The highest BCUT2D eigenvalue weighted by Crippen LogP contribution is 2.41. The zero-order chi connectivity index (χ0) is 25.9. The second-order valence-corrected chi connectivity index (χ2v) is 9.57. The number of carboxylic acid groups (broad SMARTS) is 2. The van der Waals surface area contributed by atoms with Gasteiger partial charge in [-0.2, -0.15) is 0 Å². The van der Waals surface area contributed by atoms with Crippen LogP contribution in [0.3, 0.4) is 0 Å². The average Bonchev–Trinajstić information content (AvgIpc) is 3.17. The van der Waals surface area contributed by atoms with Crippen LogP contribution in [-0.2, 0) is 22.6 Å². The summed E-state index contributed by atoms with van der Waals surface area (Å²) in [6, 6.07) is 22.2. The fraction of sp³-hybridized carbons (Fsp3) is 0.107. The first-order valence-electron chi connectivity index (χ1n) is 11.4. The molecule has 1 atom stereocenters. The Labute approximate surface area is 216 Å². The smallest absolute Gasteiger partial charge is 0.352 e. The number of para-hydroxylation sites is 1. The van der Waals surface area contributed by atoms with E-state index in [1.807, 2.05) is 48.5 Å². The Morgan fingerprint density at radius 2 is 1.68 bits per heavy atom. The Morgan fingerprint density at radius 1 is 0.919 bits per heavy atom. The number of ether oxygens (including phenoxy) is 1. The van der Waals surface area contributed by atoms with E-state index in [-0.39, 0.29) is 17.2 Å². The van der Waals surface area contributed by atoms with Gasteiger partial charge in [-0.1, -0.05) is 48.5 Å². The number of hydrogen-bond acceptors (Lipinski definition) is 6. The van der Waals surface area contributed by atoms with Gasteiger partial charge in [0, 0.05) is 16.9 Å². The first-order valence-corrected chi connectivity index (χ1v) is 12.4. The van der Waals surface area contributed by atoms with E-state index in [0.717, 1.165) is 22.9 Å². The summed E-state index contributed by atoms with van der Waals surface area (Å²) in [5.74, 6) is -1.55. The number of carbonyl (C=O) groups is 3. The van der Waals surface area contributed by atoms with Crippen molar-refractivity contribution < 1.29 is 29.3 Å². The lowest BCUT2D eigenvalue weighted by atomic mass is 10.0. The molecule has 186 valence electrons. The van der Waals surface area contributed by atoms with Crippen molar-refractivity contribution in [2.24, 2.45) is 0 Å². The summed E-state index contributed by atoms with van der Waals surface area (Å²) in [6.45, 7) is 0.320. The number of hydrogen-bond donors (Lipinski definition) is 3. The van der Waals surface area contributed by atoms with E-state index in [9.17, 15) is 24.6 Å². The molecule has 0 aliphatic carbocycles. The summed E-state index contributed by atoms with van der Waals surface area (Å²) in [7, 11) is 0. The molecule has 0 aromatic heterocycles. The molecular weight excluding hydrogens is 492 g/mol. The van der Waals surface area contributed by atoms with Crippen LogP contribution >= 0.6 is 11.8 Å². The topological polar surface area (TPSA) is 116 Å². The number of thioether (sulfide) groups is 1. The molecule has 0 bridgehead atoms. The molecule has 1 unspecified atom stereocenters. The summed E-state index contributed by atoms with van der Waals surface area (Å²) >= 11 is 1.12. The van der Waals surface area contributed by atoms with Crippen molar-refractivity contribution in [3.8, 4) is 11.5 Å². The van der Waals surface area contributed by atoms with Crippen molar-refractivity contribution in [3.63, 3.8) is 0 Å². The molecule has 0 fully saturated rings. The van der Waals surface area contributed by atoms with Crippen LogP contribution in [0.1, 0.15) is 21.5 Å². The molecule has 3 N–H and O–H groups in total. The van der Waals surface area contributed by atoms with E-state index in [1.165, 1.54) is 11.6 Å². The van der Waals surface area contributed by atoms with Crippen LogP contribution in [0.25, 0.3) is 0 Å². The summed E-state index contributed by atoms with van der Waals surface area (Å²) in [6.07, 6.45) is 1.52. The van der Waals surface area contributed by atoms with Gasteiger partial charge in [-0.15, -0.1) is 11.8 Å². The largest absolute Gasteiger partial charge is 0.478 e. The third kappa shape index (κ3) is 5.07. The minimum atomic E-state index is -1.18. The third-order valence-corrected chi connectivity index (χ3v) is 7.18. The molecule has 2 aliphatic rings. The van der Waals surface area contributed by atoms with E-state index in [2.05, 4.69) is 5.32 Å². The van der Waals surface area contributed by atoms with Gasteiger partial charge in [-0.25, -0.2) is 9.59 Å². The van der Waals surface area contributed by atoms with Crippen LogP contribution in [0.4, 0.5) is 5.69 Å². The Kier molecular flexibility index (Phi) is 6.70. The van der Waals surface area contributed by atoms with E-state index in [1.54, 1.807) is 29.2 Å². The zero-order valence-electron chi connectivity index (χ0n) is 19.5. The Morgan fingerprint density at radius 3 is 2.43 bits per heavy atom. The van der Waals surface area contributed by atoms with Crippen LogP contribution in [0.15, 0.2) is 95.7 Å². The highest BCUT2D eigenvalue weighted by molar-refractivity contribution is 8.03. The molecule has 0 spiro atoms. The number of rotatable bonds is 6. The fourth-order valence-corrected chi connectivity index (χ4v) is 5.28. The van der Waals surface area contributed by atoms with Gasteiger partial charge in [0.1, 0.15) is 11.4 Å². The van der Waals surface area contributed by atoms with Crippen LogP contribution in [0, 0.1) is 0 Å². The van der Waals surface area contributed by atoms with E-state index in [4.69, 9.17) is 4.74 Å². The number of benzene rings is 3. The number of nitrogens with one attached hydrogen (secondary N) is 1. The van der Waals surface area contributed by atoms with Gasteiger partial charge in [0.25, 0.3) is 5.91 Å². The maximum absolute atomic E-state index is 13.7. The standard InChI is InChI=1S/C28H22N2O6S/c31-26-19-8-4-5-9-23(19)36-24-11-10-18(12-22(24)30(26)15-17-6-2-1-3-7-17)13-25-20(27(32)33)14-29-21(16-37-25)28(34)35/h1-12,14,16,25,29H,13,15H2,(H,32,33)(H,34,35). The van der Waals surface area contributed by atoms with Gasteiger partial charge in [-0.3, -0.25) is 4.79 Å². The van der Waals surface area contributed by atoms with Crippen molar-refractivity contribution in [2.45, 2.75) is 18.2 Å². The first kappa shape index (κ1) is 24.2. The van der Waals surface area contributed by atoms with Crippen LogP contribution < -0.4 is 15.0 Å². The van der Waals surface area contributed by atoms with Gasteiger partial charge < -0.3 is 25.2 Å². The summed E-state index contributed by atoms with van der Waals surface area (Å²) in [5, 5.41) is 22.5. The molecule has 3 aromatic carbocycles. The second kappa shape index (κ2) is 10.2. The van der Waals surface area contributed by atoms with Gasteiger partial charge in [0.15, 0.2) is 5.75 Å². The van der Waals surface area contributed by atoms with Gasteiger partial charge in [-0.05, 0) is 41.8 Å². The summed E-state index contributed by atoms with van der Waals surface area (Å²) in [4.78, 5) is 38.6. The molecule has 2 aliphatic heterocycles. The molecule has 2 heterocycles. The van der Waals surface area contributed by atoms with Crippen LogP contribution in [-0.4, -0.2) is 33.3 Å². The third-order valence-electron chi connectivity index (χ3n) is 6.06. The minimum absolute atomic E-state index is 0.0494. The number of anilines is 1. The predicted molar refractivity (Wildman–Crippen MR) is 140 cm³/mol. The number of nitrogens with zero attached hydrogens (tertiary/aromatic N) is 1. The van der Waals surface area contributed by atoms with Crippen LogP contribution in [0.2, 0.25) is 0 Å². The molecule has 3 aromatic rings. The highest BCUT2D eigenvalue weighted by atomic mass is 32.2. The van der Waals surface area contributed by atoms with E-state index in [0.29, 0.717) is 35.7 Å². The summed E-state index contributed by atoms with van der Waals surface area (Å²) in [5.41, 5.74) is 2.69. The maximum atomic E-state index is 13.7. The minimum Gasteiger partial charge on any atom is -0.478 e. The lowest BCUT2D eigenvalue weighted by molar-refractivity contribution is -0.134. The molecule has 9 heteroatoms. The maximum Gasteiger partial charge on any atom is 0.352 e. The fourth-order valence-electron chi connectivity index (χ4n) is 4.21. The molecule has 1 amide bonds. The van der Waals surface area contributed by atoms with Crippen molar-refractivity contribution in [1.82, 2.24) is 5.32 Å². The Balaban J connectivity index is 1.53. The van der Waals surface area contributed by atoms with Crippen molar-refractivity contribution in [2.75, 3.05) is 4.90 Å². The number of carbonyl (C=O) groups excluding carboxylic acids is 1. The van der Waals surface area contributed by atoms with Crippen molar-refractivity contribution in [1.29, 1.82) is 0 Å². The molecule has 37 heavy (non-hydrogen) atoms. The SMILES string of the molecule is O=C(O)C1=CSC(Cc2ccc3c(c2)N(Cc2ccccc2)C(=O)c2ccccc2O3)C(C(=O)O)=CN1. The number of carboxylic acids is 2. The van der Waals surface area contributed by atoms with Crippen molar-refractivity contribution in [3.05, 3.63) is 112 Å². The quantitative estimate of drug-likeness (QED) is 0.430. The molecule has 0 saturated heterocycles. The van der Waals surface area contributed by atoms with E-state index >= 15 is 0 Å².